The predicted octanol–water partition coefficient (Wildman–Crippen LogP) is 2.94. The molecule has 34 heavy (non-hydrogen) atoms. The third-order valence-corrected chi connectivity index (χ3v) is 8.15. The van der Waals surface area contributed by atoms with Gasteiger partial charge in [-0.05, 0) is 50.1 Å². The second kappa shape index (κ2) is 10.5. The van der Waals surface area contributed by atoms with E-state index < -0.39 is 28.0 Å². The Hall–Kier alpha value is -2.96. The van der Waals surface area contributed by atoms with Gasteiger partial charge < -0.3 is 19.7 Å². The van der Waals surface area contributed by atoms with Gasteiger partial charge in [-0.1, -0.05) is 0 Å². The van der Waals surface area contributed by atoms with Gasteiger partial charge in [0.15, 0.2) is 0 Å². The van der Waals surface area contributed by atoms with Gasteiger partial charge in [0.25, 0.3) is 5.91 Å². The third-order valence-electron chi connectivity index (χ3n) is 5.18. The van der Waals surface area contributed by atoms with Gasteiger partial charge in [0.1, 0.15) is 5.00 Å². The van der Waals surface area contributed by atoms with Crippen molar-refractivity contribution >= 4 is 44.3 Å². The number of anilines is 1. The number of hydrogen-bond donors (Lipinski definition) is 1. The number of nitrogens with zero attached hydrogens (tertiary/aromatic N) is 2. The van der Waals surface area contributed by atoms with Crippen molar-refractivity contribution in [3.63, 3.8) is 0 Å². The number of ether oxygens (including phenoxy) is 2. The number of esters is 1. The Bertz CT molecular complexity index is 1190. The quantitative estimate of drug-likeness (QED) is 0.570. The van der Waals surface area contributed by atoms with E-state index in [1.807, 2.05) is 0 Å². The van der Waals surface area contributed by atoms with E-state index in [4.69, 9.17) is 9.47 Å². The molecule has 0 saturated carbocycles. The van der Waals surface area contributed by atoms with Crippen LogP contribution in [0.25, 0.3) is 0 Å². The number of amides is 2. The number of benzene rings is 1. The molecule has 2 amide bonds. The summed E-state index contributed by atoms with van der Waals surface area (Å²) in [4.78, 5) is 40.1. The number of nitrogens with one attached hydrogen (secondary N) is 1. The molecule has 1 N–H and O–H groups in total. The highest BCUT2D eigenvalue weighted by atomic mass is 32.2. The zero-order valence-electron chi connectivity index (χ0n) is 19.4. The minimum atomic E-state index is -3.62. The van der Waals surface area contributed by atoms with Crippen molar-refractivity contribution in [2.75, 3.05) is 39.2 Å². The average molecular weight is 510 g/mol. The first-order valence-electron chi connectivity index (χ1n) is 10.7. The van der Waals surface area contributed by atoms with E-state index in [0.29, 0.717) is 18.0 Å². The molecule has 0 atom stereocenters. The van der Waals surface area contributed by atoms with Crippen LogP contribution < -0.4 is 5.32 Å². The van der Waals surface area contributed by atoms with Crippen molar-refractivity contribution in [3.8, 4) is 0 Å². The Morgan fingerprint density at radius 2 is 1.74 bits per heavy atom. The molecule has 0 saturated heterocycles. The zero-order valence-corrected chi connectivity index (χ0v) is 21.0. The van der Waals surface area contributed by atoms with E-state index in [9.17, 15) is 22.8 Å². The molecule has 3 rings (SSSR count). The molecule has 1 aliphatic rings. The number of carbonyl (C=O) groups excluding carboxylic acids is 3. The van der Waals surface area contributed by atoms with Gasteiger partial charge in [-0.25, -0.2) is 22.3 Å². The van der Waals surface area contributed by atoms with Crippen LogP contribution in [0, 0.1) is 0 Å². The highest BCUT2D eigenvalue weighted by molar-refractivity contribution is 7.89. The fraction of sp³-hybridized carbons (Fsp3) is 0.409. The first-order valence-corrected chi connectivity index (χ1v) is 12.9. The molecule has 12 heteroatoms. The molecule has 0 bridgehead atoms. The first-order chi connectivity index (χ1) is 16.1. The number of rotatable bonds is 7. The van der Waals surface area contributed by atoms with Crippen molar-refractivity contribution in [2.24, 2.45) is 0 Å². The lowest BCUT2D eigenvalue weighted by Gasteiger charge is -2.26. The highest BCUT2D eigenvalue weighted by Gasteiger charge is 2.31. The van der Waals surface area contributed by atoms with E-state index in [2.05, 4.69) is 5.32 Å². The SMILES string of the molecule is CCOC(=O)c1c(NC(=O)c2ccc(S(=O)(=O)N(C)C)cc2)sc2c1CCN(C(=O)OCC)C2. The molecule has 10 nitrogen and oxygen atoms in total. The molecule has 0 unspecified atom stereocenters. The van der Waals surface area contributed by atoms with Gasteiger partial charge in [-0.15, -0.1) is 11.3 Å². The van der Waals surface area contributed by atoms with Crippen LogP contribution in [-0.2, 0) is 32.5 Å². The Labute approximate surface area is 202 Å². The van der Waals surface area contributed by atoms with Crippen LogP contribution in [0.4, 0.5) is 9.80 Å². The predicted molar refractivity (Wildman–Crippen MR) is 127 cm³/mol. The molecular weight excluding hydrogens is 482 g/mol. The number of sulfonamides is 1. The second-order valence-electron chi connectivity index (χ2n) is 7.56. The Morgan fingerprint density at radius 1 is 1.09 bits per heavy atom. The van der Waals surface area contributed by atoms with Gasteiger partial charge in [0, 0.05) is 31.1 Å². The lowest BCUT2D eigenvalue weighted by Crippen LogP contribution is -2.36. The molecule has 0 spiro atoms. The largest absolute Gasteiger partial charge is 0.462 e. The van der Waals surface area contributed by atoms with E-state index in [0.717, 1.165) is 14.7 Å². The molecule has 1 aromatic carbocycles. The van der Waals surface area contributed by atoms with E-state index in [1.165, 1.54) is 49.7 Å². The minimum absolute atomic E-state index is 0.0620. The summed E-state index contributed by atoms with van der Waals surface area (Å²) in [5.41, 5.74) is 1.25. The summed E-state index contributed by atoms with van der Waals surface area (Å²) in [6.07, 6.45) is -0.0104. The first kappa shape index (κ1) is 25.7. The summed E-state index contributed by atoms with van der Waals surface area (Å²) in [6.45, 7) is 4.50. The van der Waals surface area contributed by atoms with E-state index >= 15 is 0 Å². The Morgan fingerprint density at radius 3 is 2.32 bits per heavy atom. The van der Waals surface area contributed by atoms with Crippen LogP contribution in [0.3, 0.4) is 0 Å². The maximum Gasteiger partial charge on any atom is 0.410 e. The standard InChI is InChI=1S/C22H27N3O7S2/c1-5-31-21(27)18-16-11-12-25(22(28)32-6-2)13-17(16)33-20(18)23-19(26)14-7-9-15(10-8-14)34(29,30)24(3)4/h7-10H,5-6,11-13H2,1-4H3,(H,23,26). The summed E-state index contributed by atoms with van der Waals surface area (Å²) in [6, 6.07) is 5.53. The van der Waals surface area contributed by atoms with Crippen LogP contribution in [0.15, 0.2) is 29.2 Å². The molecular formula is C22H27N3O7S2. The van der Waals surface area contributed by atoms with E-state index in [1.54, 1.807) is 18.7 Å². The third kappa shape index (κ3) is 5.24. The van der Waals surface area contributed by atoms with Crippen molar-refractivity contribution in [1.82, 2.24) is 9.21 Å². The van der Waals surface area contributed by atoms with Crippen molar-refractivity contribution in [2.45, 2.75) is 31.7 Å². The lowest BCUT2D eigenvalue weighted by atomic mass is 10.0. The molecule has 1 aromatic heterocycles. The molecule has 0 aliphatic carbocycles. The number of thiophene rings is 1. The summed E-state index contributed by atoms with van der Waals surface area (Å²) in [5.74, 6) is -1.05. The van der Waals surface area contributed by atoms with Crippen LogP contribution in [0.2, 0.25) is 0 Å². The van der Waals surface area contributed by atoms with Crippen LogP contribution >= 0.6 is 11.3 Å². The summed E-state index contributed by atoms with van der Waals surface area (Å²) in [7, 11) is -0.771. The second-order valence-corrected chi connectivity index (χ2v) is 10.8. The summed E-state index contributed by atoms with van der Waals surface area (Å²) in [5, 5.41) is 3.08. The van der Waals surface area contributed by atoms with Crippen molar-refractivity contribution < 1.29 is 32.3 Å². The topological polar surface area (TPSA) is 122 Å². The minimum Gasteiger partial charge on any atom is -0.462 e. The number of carbonyl (C=O) groups is 3. The number of fused-ring (bicyclic) bond motifs is 1. The molecule has 184 valence electrons. The Balaban J connectivity index is 1.88. The van der Waals surface area contributed by atoms with Crippen LogP contribution in [-0.4, -0.2) is 69.4 Å². The molecule has 2 aromatic rings. The Kier molecular flexibility index (Phi) is 7.95. The zero-order chi connectivity index (χ0) is 25.0. The van der Waals surface area contributed by atoms with Gasteiger partial charge in [-0.3, -0.25) is 4.79 Å². The lowest BCUT2D eigenvalue weighted by molar-refractivity contribution is 0.0526. The van der Waals surface area contributed by atoms with Gasteiger partial charge in [0.05, 0.1) is 30.2 Å². The fourth-order valence-corrected chi connectivity index (χ4v) is 5.59. The summed E-state index contributed by atoms with van der Waals surface area (Å²) < 4.78 is 35.9. The van der Waals surface area contributed by atoms with Gasteiger partial charge in [0.2, 0.25) is 10.0 Å². The maximum atomic E-state index is 12.9. The molecule has 0 radical (unpaired) electrons. The normalized spacial score (nSPS) is 13.4. The van der Waals surface area contributed by atoms with Crippen molar-refractivity contribution in [3.05, 3.63) is 45.8 Å². The number of hydrogen-bond acceptors (Lipinski definition) is 8. The average Bonchev–Trinajstić information content (AvgIpc) is 3.16. The maximum absolute atomic E-state index is 12.9. The summed E-state index contributed by atoms with van der Waals surface area (Å²) >= 11 is 1.20. The highest BCUT2D eigenvalue weighted by Crippen LogP contribution is 2.38. The molecule has 2 heterocycles. The fourth-order valence-electron chi connectivity index (χ4n) is 3.45. The van der Waals surface area contributed by atoms with Crippen LogP contribution in [0.1, 0.15) is 45.0 Å². The van der Waals surface area contributed by atoms with Gasteiger partial charge in [-0.2, -0.15) is 0 Å². The monoisotopic (exact) mass is 509 g/mol. The molecule has 1 aliphatic heterocycles. The van der Waals surface area contributed by atoms with Crippen LogP contribution in [0.5, 0.6) is 0 Å². The smallest absolute Gasteiger partial charge is 0.410 e. The van der Waals surface area contributed by atoms with Crippen molar-refractivity contribution in [1.29, 1.82) is 0 Å². The van der Waals surface area contributed by atoms with E-state index in [-0.39, 0.29) is 35.8 Å². The molecule has 0 fully saturated rings. The van der Waals surface area contributed by atoms with Gasteiger partial charge >= 0.3 is 12.1 Å².